The Morgan fingerprint density at radius 2 is 1.93 bits per heavy atom. The second-order valence-corrected chi connectivity index (χ2v) is 7.20. The van der Waals surface area contributed by atoms with Gasteiger partial charge in [-0.25, -0.2) is 9.78 Å². The minimum Gasteiger partial charge on any atom is -0.422 e. The molecular weight excluding hydrogens is 382 g/mol. The third-order valence-electron chi connectivity index (χ3n) is 5.36. The number of hydrogen-bond acceptors (Lipinski definition) is 5. The number of para-hydroxylation sites is 1. The predicted octanol–water partition coefficient (Wildman–Crippen LogP) is 2.74. The van der Waals surface area contributed by atoms with Crippen molar-refractivity contribution in [3.05, 3.63) is 98.5 Å². The lowest BCUT2D eigenvalue weighted by Gasteiger charge is -2.27. The predicted molar refractivity (Wildman–Crippen MR) is 111 cm³/mol. The molecule has 1 aliphatic heterocycles. The summed E-state index contributed by atoms with van der Waals surface area (Å²) in [4.78, 5) is 45.9. The Morgan fingerprint density at radius 1 is 1.07 bits per heavy atom. The molecule has 0 spiro atoms. The van der Waals surface area contributed by atoms with Gasteiger partial charge in [0, 0.05) is 23.1 Å². The van der Waals surface area contributed by atoms with Gasteiger partial charge in [0.1, 0.15) is 5.58 Å². The van der Waals surface area contributed by atoms with Crippen molar-refractivity contribution in [2.75, 3.05) is 6.54 Å². The standard InChI is InChI=1S/C23H17N3O4/c27-21-17-8-9-26(12-19(17)24-13-25-21)22(28)16-6-3-5-14(10-16)18-11-15-4-1-2-7-20(15)30-23(18)29/h1-7,10-11,13H,8-9,12H2,(H,24,25,27). The van der Waals surface area contributed by atoms with E-state index in [0.717, 1.165) is 5.39 Å². The lowest BCUT2D eigenvalue weighted by atomic mass is 10.0. The van der Waals surface area contributed by atoms with Gasteiger partial charge in [0.05, 0.1) is 24.1 Å². The summed E-state index contributed by atoms with van der Waals surface area (Å²) in [5, 5.41) is 0.813. The SMILES string of the molecule is O=C(c1cccc(-c2cc3ccccc3oc2=O)c1)N1CCc2c(nc[nH]c2=O)C1. The quantitative estimate of drug-likeness (QED) is 0.523. The van der Waals surface area contributed by atoms with Crippen LogP contribution in [-0.2, 0) is 13.0 Å². The smallest absolute Gasteiger partial charge is 0.344 e. The van der Waals surface area contributed by atoms with Crippen molar-refractivity contribution in [1.29, 1.82) is 0 Å². The van der Waals surface area contributed by atoms with Crippen LogP contribution < -0.4 is 11.2 Å². The number of carbonyl (C=O) groups is 1. The maximum Gasteiger partial charge on any atom is 0.344 e. The first-order chi connectivity index (χ1) is 14.6. The van der Waals surface area contributed by atoms with E-state index in [4.69, 9.17) is 4.42 Å². The summed E-state index contributed by atoms with van der Waals surface area (Å²) < 4.78 is 5.42. The molecule has 7 heteroatoms. The molecule has 2 aromatic heterocycles. The van der Waals surface area contributed by atoms with Crippen molar-refractivity contribution in [3.8, 4) is 11.1 Å². The minimum absolute atomic E-state index is 0.155. The first-order valence-corrected chi connectivity index (χ1v) is 9.58. The Hall–Kier alpha value is -4.00. The topological polar surface area (TPSA) is 96.3 Å². The monoisotopic (exact) mass is 399 g/mol. The zero-order valence-electron chi connectivity index (χ0n) is 15.9. The van der Waals surface area contributed by atoms with Crippen molar-refractivity contribution >= 4 is 16.9 Å². The van der Waals surface area contributed by atoms with E-state index in [0.29, 0.717) is 46.5 Å². The average Bonchev–Trinajstić information content (AvgIpc) is 2.78. The van der Waals surface area contributed by atoms with Gasteiger partial charge in [-0.05, 0) is 36.2 Å². The largest absolute Gasteiger partial charge is 0.422 e. The Labute approximate surface area is 170 Å². The number of aromatic nitrogens is 2. The normalized spacial score (nSPS) is 13.3. The fraction of sp³-hybridized carbons (Fsp3) is 0.130. The summed E-state index contributed by atoms with van der Waals surface area (Å²) in [6, 6.07) is 16.0. The number of H-pyrrole nitrogens is 1. The van der Waals surface area contributed by atoms with Crippen LogP contribution in [0.5, 0.6) is 0 Å². The minimum atomic E-state index is -0.450. The molecular formula is C23H17N3O4. The first-order valence-electron chi connectivity index (χ1n) is 9.58. The number of nitrogens with zero attached hydrogens (tertiary/aromatic N) is 2. The van der Waals surface area contributed by atoms with Crippen LogP contribution in [0.25, 0.3) is 22.1 Å². The second kappa shape index (κ2) is 7.11. The summed E-state index contributed by atoms with van der Waals surface area (Å²) in [5.41, 5.74) is 2.65. The van der Waals surface area contributed by atoms with E-state index < -0.39 is 5.63 Å². The van der Waals surface area contributed by atoms with Crippen molar-refractivity contribution in [2.45, 2.75) is 13.0 Å². The molecule has 0 saturated carbocycles. The number of hydrogen-bond donors (Lipinski definition) is 1. The number of rotatable bonds is 2. The van der Waals surface area contributed by atoms with E-state index in [1.54, 1.807) is 41.3 Å². The van der Waals surface area contributed by atoms with Gasteiger partial charge in [-0.15, -0.1) is 0 Å². The third kappa shape index (κ3) is 3.10. The van der Waals surface area contributed by atoms with Gasteiger partial charge in [-0.1, -0.05) is 30.3 Å². The van der Waals surface area contributed by atoms with Gasteiger partial charge in [-0.2, -0.15) is 0 Å². The molecule has 1 amide bonds. The van der Waals surface area contributed by atoms with Gasteiger partial charge in [0.2, 0.25) is 0 Å². The van der Waals surface area contributed by atoms with Crippen molar-refractivity contribution in [3.63, 3.8) is 0 Å². The molecule has 0 saturated heterocycles. The number of benzene rings is 2. The highest BCUT2D eigenvalue weighted by Crippen LogP contribution is 2.23. The second-order valence-electron chi connectivity index (χ2n) is 7.20. The zero-order chi connectivity index (χ0) is 20.7. The molecule has 0 fully saturated rings. The molecule has 30 heavy (non-hydrogen) atoms. The third-order valence-corrected chi connectivity index (χ3v) is 5.36. The van der Waals surface area contributed by atoms with E-state index in [1.165, 1.54) is 6.33 Å². The number of nitrogens with one attached hydrogen (secondary N) is 1. The number of carbonyl (C=O) groups excluding carboxylic acids is 1. The highest BCUT2D eigenvalue weighted by molar-refractivity contribution is 5.95. The van der Waals surface area contributed by atoms with Crippen molar-refractivity contribution in [2.24, 2.45) is 0 Å². The average molecular weight is 399 g/mol. The van der Waals surface area contributed by atoms with Crippen LogP contribution in [0.3, 0.4) is 0 Å². The molecule has 7 nitrogen and oxygen atoms in total. The van der Waals surface area contributed by atoms with Crippen LogP contribution >= 0.6 is 0 Å². The van der Waals surface area contributed by atoms with Crippen molar-refractivity contribution in [1.82, 2.24) is 14.9 Å². The van der Waals surface area contributed by atoms with Crippen LogP contribution in [0.2, 0.25) is 0 Å². The maximum atomic E-state index is 13.1. The Kier molecular flexibility index (Phi) is 4.28. The summed E-state index contributed by atoms with van der Waals surface area (Å²) >= 11 is 0. The van der Waals surface area contributed by atoms with E-state index in [2.05, 4.69) is 9.97 Å². The molecule has 4 aromatic rings. The molecule has 0 aliphatic carbocycles. The van der Waals surface area contributed by atoms with E-state index in [-0.39, 0.29) is 18.0 Å². The lowest BCUT2D eigenvalue weighted by Crippen LogP contribution is -2.38. The van der Waals surface area contributed by atoms with Crippen LogP contribution in [0.4, 0.5) is 0 Å². The molecule has 0 atom stereocenters. The Morgan fingerprint density at radius 3 is 2.83 bits per heavy atom. The van der Waals surface area contributed by atoms with E-state index in [1.807, 2.05) is 18.2 Å². The molecule has 148 valence electrons. The van der Waals surface area contributed by atoms with E-state index >= 15 is 0 Å². The Balaban J connectivity index is 1.48. The van der Waals surface area contributed by atoms with E-state index in [9.17, 15) is 14.4 Å². The number of fused-ring (bicyclic) bond motifs is 2. The molecule has 5 rings (SSSR count). The summed E-state index contributed by atoms with van der Waals surface area (Å²) in [6.07, 6.45) is 1.81. The summed E-state index contributed by atoms with van der Waals surface area (Å²) in [7, 11) is 0. The fourth-order valence-corrected chi connectivity index (χ4v) is 3.80. The molecule has 3 heterocycles. The fourth-order valence-electron chi connectivity index (χ4n) is 3.80. The van der Waals surface area contributed by atoms with Crippen LogP contribution in [0.15, 0.2) is 74.9 Å². The van der Waals surface area contributed by atoms with Gasteiger partial charge in [0.25, 0.3) is 11.5 Å². The highest BCUT2D eigenvalue weighted by atomic mass is 16.4. The van der Waals surface area contributed by atoms with Gasteiger partial charge in [-0.3, -0.25) is 9.59 Å². The highest BCUT2D eigenvalue weighted by Gasteiger charge is 2.24. The van der Waals surface area contributed by atoms with Crippen LogP contribution in [0, 0.1) is 0 Å². The molecule has 0 radical (unpaired) electrons. The zero-order valence-corrected chi connectivity index (χ0v) is 15.9. The Bertz CT molecular complexity index is 1400. The summed E-state index contributed by atoms with van der Waals surface area (Å²) in [5.74, 6) is -0.172. The first kappa shape index (κ1) is 18.1. The molecule has 0 unspecified atom stereocenters. The number of aromatic amines is 1. The van der Waals surface area contributed by atoms with Gasteiger partial charge < -0.3 is 14.3 Å². The van der Waals surface area contributed by atoms with Gasteiger partial charge >= 0.3 is 5.63 Å². The summed E-state index contributed by atoms with van der Waals surface area (Å²) in [6.45, 7) is 0.712. The molecule has 1 N–H and O–H groups in total. The maximum absolute atomic E-state index is 13.1. The molecule has 1 aliphatic rings. The lowest BCUT2D eigenvalue weighted by molar-refractivity contribution is 0.0731. The van der Waals surface area contributed by atoms with Crippen LogP contribution in [0.1, 0.15) is 21.6 Å². The van der Waals surface area contributed by atoms with Gasteiger partial charge in [0.15, 0.2) is 0 Å². The molecule has 2 aromatic carbocycles. The van der Waals surface area contributed by atoms with Crippen LogP contribution in [-0.4, -0.2) is 27.3 Å². The molecule has 0 bridgehead atoms. The van der Waals surface area contributed by atoms with Crippen molar-refractivity contribution < 1.29 is 9.21 Å². The number of amides is 1.